The predicted octanol–water partition coefficient (Wildman–Crippen LogP) is 3.18. The smallest absolute Gasteiger partial charge is 0.185 e. The maximum atomic E-state index is 11.4. The fraction of sp³-hybridized carbons (Fsp3) is 0.308. The minimum atomic E-state index is 0.00218. The number of rotatable bonds is 4. The molecular formula is C13H16O. The minimum absolute atomic E-state index is 0.00218. The molecule has 1 aromatic rings. The van der Waals surface area contributed by atoms with E-state index >= 15 is 0 Å². The topological polar surface area (TPSA) is 17.1 Å². The van der Waals surface area contributed by atoms with E-state index in [-0.39, 0.29) is 5.78 Å². The molecule has 1 heteroatoms. The average molecular weight is 188 g/mol. The van der Waals surface area contributed by atoms with Gasteiger partial charge in [0.25, 0.3) is 0 Å². The first kappa shape index (κ1) is 10.7. The number of hydrogen-bond donors (Lipinski definition) is 0. The van der Waals surface area contributed by atoms with Crippen LogP contribution < -0.4 is 0 Å². The van der Waals surface area contributed by atoms with Gasteiger partial charge in [-0.25, -0.2) is 0 Å². The molecule has 1 rings (SSSR count). The molecule has 14 heavy (non-hydrogen) atoms. The maximum Gasteiger partial charge on any atom is 0.185 e. The van der Waals surface area contributed by atoms with Gasteiger partial charge >= 0.3 is 0 Å². The van der Waals surface area contributed by atoms with Crippen LogP contribution in [0.1, 0.15) is 35.3 Å². The van der Waals surface area contributed by atoms with Crippen LogP contribution in [-0.2, 0) is 12.8 Å². The van der Waals surface area contributed by atoms with E-state index in [9.17, 15) is 4.79 Å². The van der Waals surface area contributed by atoms with Crippen LogP contribution in [0.4, 0.5) is 0 Å². The third kappa shape index (κ3) is 2.11. The van der Waals surface area contributed by atoms with Crippen molar-refractivity contribution in [2.24, 2.45) is 0 Å². The van der Waals surface area contributed by atoms with Crippen LogP contribution in [0.2, 0.25) is 0 Å². The van der Waals surface area contributed by atoms with Crippen LogP contribution in [-0.4, -0.2) is 5.78 Å². The van der Waals surface area contributed by atoms with Gasteiger partial charge in [-0.3, -0.25) is 4.79 Å². The van der Waals surface area contributed by atoms with Crippen molar-refractivity contribution in [1.82, 2.24) is 0 Å². The van der Waals surface area contributed by atoms with E-state index in [4.69, 9.17) is 0 Å². The van der Waals surface area contributed by atoms with E-state index in [1.807, 2.05) is 18.2 Å². The first-order chi connectivity index (χ1) is 6.72. The van der Waals surface area contributed by atoms with Crippen LogP contribution in [0.15, 0.2) is 30.9 Å². The molecule has 1 nitrogen and oxygen atoms in total. The van der Waals surface area contributed by atoms with Crippen molar-refractivity contribution in [2.45, 2.75) is 26.7 Å². The lowest BCUT2D eigenvalue weighted by molar-refractivity contribution is 0.104. The highest BCUT2D eigenvalue weighted by atomic mass is 16.1. The lowest BCUT2D eigenvalue weighted by atomic mass is 9.98. The molecule has 0 atom stereocenters. The van der Waals surface area contributed by atoms with Crippen molar-refractivity contribution in [2.75, 3.05) is 0 Å². The van der Waals surface area contributed by atoms with E-state index in [1.54, 1.807) is 0 Å². The molecule has 0 aromatic heterocycles. The molecule has 0 saturated heterocycles. The van der Waals surface area contributed by atoms with Gasteiger partial charge < -0.3 is 0 Å². The fourth-order valence-electron chi connectivity index (χ4n) is 1.57. The van der Waals surface area contributed by atoms with Crippen LogP contribution in [0.5, 0.6) is 0 Å². The lowest BCUT2D eigenvalue weighted by Gasteiger charge is -2.06. The number of benzene rings is 1. The van der Waals surface area contributed by atoms with Gasteiger partial charge in [-0.2, -0.15) is 0 Å². The van der Waals surface area contributed by atoms with Gasteiger partial charge in [-0.05, 0) is 36.1 Å². The van der Waals surface area contributed by atoms with Gasteiger partial charge in [0, 0.05) is 5.56 Å². The molecule has 0 radical (unpaired) electrons. The Bertz CT molecular complexity index is 350. The zero-order valence-corrected chi connectivity index (χ0v) is 8.84. The highest BCUT2D eigenvalue weighted by Gasteiger charge is 2.04. The second-order valence-corrected chi connectivity index (χ2v) is 3.26. The van der Waals surface area contributed by atoms with Crippen LogP contribution >= 0.6 is 0 Å². The Labute approximate surface area is 85.5 Å². The Balaban J connectivity index is 3.13. The summed E-state index contributed by atoms with van der Waals surface area (Å²) in [6.45, 7) is 7.72. The van der Waals surface area contributed by atoms with E-state index < -0.39 is 0 Å². The molecule has 0 spiro atoms. The van der Waals surface area contributed by atoms with Crippen LogP contribution in [0.3, 0.4) is 0 Å². The van der Waals surface area contributed by atoms with Crippen molar-refractivity contribution < 1.29 is 4.79 Å². The molecule has 0 amide bonds. The van der Waals surface area contributed by atoms with Crippen LogP contribution in [0, 0.1) is 0 Å². The average Bonchev–Trinajstić information content (AvgIpc) is 2.26. The van der Waals surface area contributed by atoms with Crippen LogP contribution in [0.25, 0.3) is 0 Å². The van der Waals surface area contributed by atoms with Crippen molar-refractivity contribution in [3.63, 3.8) is 0 Å². The summed E-state index contributed by atoms with van der Waals surface area (Å²) >= 11 is 0. The highest BCUT2D eigenvalue weighted by Crippen LogP contribution is 2.14. The third-order valence-electron chi connectivity index (χ3n) is 2.44. The van der Waals surface area contributed by atoms with Gasteiger partial charge in [0.05, 0.1) is 0 Å². The molecule has 0 saturated carbocycles. The zero-order valence-electron chi connectivity index (χ0n) is 8.84. The molecule has 74 valence electrons. The third-order valence-corrected chi connectivity index (χ3v) is 2.44. The molecule has 0 heterocycles. The number of aryl methyl sites for hydroxylation is 2. The van der Waals surface area contributed by atoms with Crippen molar-refractivity contribution >= 4 is 5.78 Å². The van der Waals surface area contributed by atoms with Crippen molar-refractivity contribution in [3.05, 3.63) is 47.5 Å². The summed E-state index contributed by atoms with van der Waals surface area (Å²) in [4.78, 5) is 11.4. The first-order valence-electron chi connectivity index (χ1n) is 5.01. The number of carbonyl (C=O) groups excluding carboxylic acids is 1. The predicted molar refractivity (Wildman–Crippen MR) is 59.7 cm³/mol. The second-order valence-electron chi connectivity index (χ2n) is 3.26. The Kier molecular flexibility index (Phi) is 3.63. The lowest BCUT2D eigenvalue weighted by Crippen LogP contribution is -1.98. The van der Waals surface area contributed by atoms with E-state index in [0.29, 0.717) is 0 Å². The van der Waals surface area contributed by atoms with Gasteiger partial charge in [0.15, 0.2) is 5.78 Å². The Morgan fingerprint density at radius 2 is 1.93 bits per heavy atom. The molecular weight excluding hydrogens is 172 g/mol. The second kappa shape index (κ2) is 4.75. The Hall–Kier alpha value is -1.37. The fourth-order valence-corrected chi connectivity index (χ4v) is 1.57. The number of ketones is 1. The largest absolute Gasteiger partial charge is 0.289 e. The quantitative estimate of drug-likeness (QED) is 0.524. The minimum Gasteiger partial charge on any atom is -0.289 e. The van der Waals surface area contributed by atoms with Gasteiger partial charge in [-0.1, -0.05) is 32.6 Å². The molecule has 0 bridgehead atoms. The van der Waals surface area contributed by atoms with Gasteiger partial charge in [0.1, 0.15) is 0 Å². The summed E-state index contributed by atoms with van der Waals surface area (Å²) in [6.07, 6.45) is 3.35. The monoisotopic (exact) mass is 188 g/mol. The summed E-state index contributed by atoms with van der Waals surface area (Å²) in [5.41, 5.74) is 3.34. The molecule has 1 aromatic carbocycles. The number of allylic oxidation sites excluding steroid dienone is 1. The van der Waals surface area contributed by atoms with Crippen molar-refractivity contribution in [1.29, 1.82) is 0 Å². The molecule has 0 aliphatic carbocycles. The first-order valence-corrected chi connectivity index (χ1v) is 5.01. The van der Waals surface area contributed by atoms with Crippen molar-refractivity contribution in [3.8, 4) is 0 Å². The SMILES string of the molecule is C=CC(=O)c1ccc(CC)c(CC)c1. The summed E-state index contributed by atoms with van der Waals surface area (Å²) in [6, 6.07) is 5.89. The molecule has 0 N–H and O–H groups in total. The van der Waals surface area contributed by atoms with Gasteiger partial charge in [0.2, 0.25) is 0 Å². The number of carbonyl (C=O) groups is 1. The molecule has 0 aliphatic heterocycles. The summed E-state index contributed by atoms with van der Waals surface area (Å²) in [7, 11) is 0. The zero-order chi connectivity index (χ0) is 10.6. The summed E-state index contributed by atoms with van der Waals surface area (Å²) < 4.78 is 0. The van der Waals surface area contributed by atoms with E-state index in [2.05, 4.69) is 20.4 Å². The Morgan fingerprint density at radius 1 is 1.29 bits per heavy atom. The normalized spacial score (nSPS) is 9.86. The van der Waals surface area contributed by atoms with E-state index in [0.717, 1.165) is 18.4 Å². The molecule has 0 fully saturated rings. The summed E-state index contributed by atoms with van der Waals surface area (Å²) in [5.74, 6) is 0.00218. The van der Waals surface area contributed by atoms with E-state index in [1.165, 1.54) is 17.2 Å². The maximum absolute atomic E-state index is 11.4. The standard InChI is InChI=1S/C13H16O/c1-4-10-7-8-12(13(14)6-3)9-11(10)5-2/h6-9H,3-5H2,1-2H3. The van der Waals surface area contributed by atoms with Gasteiger partial charge in [-0.15, -0.1) is 0 Å². The highest BCUT2D eigenvalue weighted by molar-refractivity contribution is 6.04. The molecule has 0 unspecified atom stereocenters. The summed E-state index contributed by atoms with van der Waals surface area (Å²) in [5, 5.41) is 0. The number of hydrogen-bond acceptors (Lipinski definition) is 1. The Morgan fingerprint density at radius 3 is 2.43 bits per heavy atom. The molecule has 0 aliphatic rings.